The van der Waals surface area contributed by atoms with Gasteiger partial charge >= 0.3 is 0 Å². The van der Waals surface area contributed by atoms with Crippen molar-refractivity contribution in [1.29, 1.82) is 0 Å². The molecule has 4 rings (SSSR count). The first kappa shape index (κ1) is 15.0. The van der Waals surface area contributed by atoms with Gasteiger partial charge in [-0.3, -0.25) is 4.98 Å². The molecule has 0 bridgehead atoms. The molecule has 0 amide bonds. The minimum absolute atomic E-state index is 0.277. The van der Waals surface area contributed by atoms with E-state index in [0.29, 0.717) is 11.7 Å². The van der Waals surface area contributed by atoms with Crippen LogP contribution in [0.2, 0.25) is 0 Å². The van der Waals surface area contributed by atoms with Gasteiger partial charge in [0.25, 0.3) is 0 Å². The van der Waals surface area contributed by atoms with Crippen molar-refractivity contribution in [2.24, 2.45) is 5.92 Å². The third-order valence-electron chi connectivity index (χ3n) is 4.68. The van der Waals surface area contributed by atoms with Gasteiger partial charge < -0.3 is 10.0 Å². The number of piperidine rings is 1. The van der Waals surface area contributed by atoms with Crippen LogP contribution in [0.3, 0.4) is 0 Å². The highest BCUT2D eigenvalue weighted by molar-refractivity contribution is 5.91. The van der Waals surface area contributed by atoms with E-state index >= 15 is 0 Å². The number of nitrogens with zero attached hydrogens (tertiary/aromatic N) is 4. The highest BCUT2D eigenvalue weighted by atomic mass is 16.3. The second-order valence-corrected chi connectivity index (χ2v) is 6.24. The van der Waals surface area contributed by atoms with Crippen LogP contribution in [0.1, 0.15) is 12.8 Å². The lowest BCUT2D eigenvalue weighted by Gasteiger charge is -2.32. The molecule has 2 aromatic heterocycles. The Morgan fingerprint density at radius 1 is 1.04 bits per heavy atom. The van der Waals surface area contributed by atoms with Crippen LogP contribution >= 0.6 is 0 Å². The number of benzene rings is 1. The Hall–Kier alpha value is -2.53. The number of aliphatic hydroxyl groups excluding tert-OH is 1. The molecule has 1 N–H and O–H groups in total. The molecule has 1 aliphatic heterocycles. The molecule has 0 unspecified atom stereocenters. The first-order valence-corrected chi connectivity index (χ1v) is 8.38. The van der Waals surface area contributed by atoms with Crippen molar-refractivity contribution in [3.8, 4) is 11.4 Å². The summed E-state index contributed by atoms with van der Waals surface area (Å²) < 4.78 is 0. The van der Waals surface area contributed by atoms with Gasteiger partial charge in [-0.2, -0.15) is 0 Å². The van der Waals surface area contributed by atoms with Crippen LogP contribution in [0.5, 0.6) is 0 Å². The summed E-state index contributed by atoms with van der Waals surface area (Å²) in [6, 6.07) is 12.0. The number of pyridine rings is 1. The van der Waals surface area contributed by atoms with Gasteiger partial charge in [0.2, 0.25) is 0 Å². The van der Waals surface area contributed by atoms with E-state index in [0.717, 1.165) is 48.2 Å². The third kappa shape index (κ3) is 2.83. The molecule has 1 aliphatic rings. The van der Waals surface area contributed by atoms with E-state index in [4.69, 9.17) is 9.97 Å². The van der Waals surface area contributed by atoms with Crippen LogP contribution in [0, 0.1) is 5.92 Å². The van der Waals surface area contributed by atoms with Gasteiger partial charge in [0, 0.05) is 43.0 Å². The molecule has 122 valence electrons. The lowest BCUT2D eigenvalue weighted by molar-refractivity contribution is 0.203. The van der Waals surface area contributed by atoms with E-state index in [9.17, 15) is 5.11 Å². The molecule has 0 aliphatic carbocycles. The van der Waals surface area contributed by atoms with Crippen LogP contribution in [-0.4, -0.2) is 39.8 Å². The van der Waals surface area contributed by atoms with Crippen LogP contribution in [-0.2, 0) is 0 Å². The van der Waals surface area contributed by atoms with E-state index in [-0.39, 0.29) is 6.61 Å². The maximum Gasteiger partial charge on any atom is 0.163 e. The number of para-hydroxylation sites is 1. The van der Waals surface area contributed by atoms with Crippen molar-refractivity contribution < 1.29 is 5.11 Å². The number of hydrogen-bond donors (Lipinski definition) is 1. The normalized spacial score (nSPS) is 15.8. The minimum atomic E-state index is 0.277. The van der Waals surface area contributed by atoms with E-state index in [1.165, 1.54) is 0 Å². The summed E-state index contributed by atoms with van der Waals surface area (Å²) in [6.45, 7) is 2.11. The lowest BCUT2D eigenvalue weighted by Crippen LogP contribution is -2.35. The predicted octanol–water partition coefficient (Wildman–Crippen LogP) is 2.90. The Labute approximate surface area is 141 Å². The van der Waals surface area contributed by atoms with E-state index in [1.807, 2.05) is 30.3 Å². The summed E-state index contributed by atoms with van der Waals surface area (Å²) in [5, 5.41) is 10.4. The zero-order valence-electron chi connectivity index (χ0n) is 13.5. The monoisotopic (exact) mass is 320 g/mol. The van der Waals surface area contributed by atoms with Crippen molar-refractivity contribution in [2.75, 3.05) is 24.6 Å². The van der Waals surface area contributed by atoms with Crippen molar-refractivity contribution in [2.45, 2.75) is 12.8 Å². The quantitative estimate of drug-likeness (QED) is 0.804. The number of aliphatic hydroxyl groups is 1. The first-order valence-electron chi connectivity index (χ1n) is 8.38. The molecule has 1 aromatic carbocycles. The van der Waals surface area contributed by atoms with Crippen molar-refractivity contribution in [3.63, 3.8) is 0 Å². The van der Waals surface area contributed by atoms with Crippen LogP contribution in [0.25, 0.3) is 22.3 Å². The highest BCUT2D eigenvalue weighted by Crippen LogP contribution is 2.30. The summed E-state index contributed by atoms with van der Waals surface area (Å²) in [5.74, 6) is 2.10. The van der Waals surface area contributed by atoms with E-state index < -0.39 is 0 Å². The van der Waals surface area contributed by atoms with Crippen LogP contribution in [0.15, 0.2) is 48.8 Å². The maximum absolute atomic E-state index is 9.36. The maximum atomic E-state index is 9.36. The molecule has 1 fully saturated rings. The summed E-state index contributed by atoms with van der Waals surface area (Å²) in [6.07, 6.45) is 5.55. The first-order chi connectivity index (χ1) is 11.8. The molecule has 3 aromatic rings. The largest absolute Gasteiger partial charge is 0.396 e. The summed E-state index contributed by atoms with van der Waals surface area (Å²) in [5.41, 5.74) is 1.88. The predicted molar refractivity (Wildman–Crippen MR) is 94.8 cm³/mol. The Kier molecular flexibility index (Phi) is 4.09. The van der Waals surface area contributed by atoms with Crippen LogP contribution in [0.4, 0.5) is 5.82 Å². The van der Waals surface area contributed by atoms with E-state index in [2.05, 4.69) is 16.0 Å². The molecule has 3 heterocycles. The summed E-state index contributed by atoms with van der Waals surface area (Å²) in [7, 11) is 0. The fraction of sp³-hybridized carbons (Fsp3) is 0.316. The average molecular weight is 320 g/mol. The van der Waals surface area contributed by atoms with Crippen molar-refractivity contribution >= 4 is 16.7 Å². The van der Waals surface area contributed by atoms with E-state index in [1.54, 1.807) is 12.4 Å². The number of anilines is 1. The SMILES string of the molecule is OCC1CCN(c2nc(-c3cccnc3)nc3ccccc23)CC1. The molecule has 0 atom stereocenters. The molecule has 24 heavy (non-hydrogen) atoms. The van der Waals surface area contributed by atoms with Crippen molar-refractivity contribution in [3.05, 3.63) is 48.8 Å². The van der Waals surface area contributed by atoms with Gasteiger partial charge in [-0.15, -0.1) is 0 Å². The number of rotatable bonds is 3. The Morgan fingerprint density at radius 2 is 1.88 bits per heavy atom. The molecule has 1 saturated heterocycles. The Morgan fingerprint density at radius 3 is 2.62 bits per heavy atom. The van der Waals surface area contributed by atoms with Gasteiger partial charge in [0.1, 0.15) is 5.82 Å². The number of hydrogen-bond acceptors (Lipinski definition) is 5. The molecular weight excluding hydrogens is 300 g/mol. The van der Waals surface area contributed by atoms with Crippen LogP contribution < -0.4 is 4.90 Å². The second kappa shape index (κ2) is 6.53. The minimum Gasteiger partial charge on any atom is -0.396 e. The molecule has 0 spiro atoms. The molecule has 5 heteroatoms. The van der Waals surface area contributed by atoms with Gasteiger partial charge in [-0.1, -0.05) is 12.1 Å². The van der Waals surface area contributed by atoms with Gasteiger partial charge in [-0.05, 0) is 43.0 Å². The Balaban J connectivity index is 1.79. The smallest absolute Gasteiger partial charge is 0.163 e. The number of aromatic nitrogens is 3. The van der Waals surface area contributed by atoms with Gasteiger partial charge in [0.05, 0.1) is 5.52 Å². The Bertz CT molecular complexity index is 829. The average Bonchev–Trinajstić information content (AvgIpc) is 2.68. The third-order valence-corrected chi connectivity index (χ3v) is 4.68. The lowest BCUT2D eigenvalue weighted by atomic mass is 9.97. The summed E-state index contributed by atoms with van der Waals surface area (Å²) >= 11 is 0. The number of fused-ring (bicyclic) bond motifs is 1. The molecule has 0 radical (unpaired) electrons. The van der Waals surface area contributed by atoms with Crippen molar-refractivity contribution in [1.82, 2.24) is 15.0 Å². The van der Waals surface area contributed by atoms with Gasteiger partial charge in [-0.25, -0.2) is 9.97 Å². The zero-order valence-corrected chi connectivity index (χ0v) is 13.5. The second-order valence-electron chi connectivity index (χ2n) is 6.24. The highest BCUT2D eigenvalue weighted by Gasteiger charge is 2.22. The molecule has 0 saturated carbocycles. The van der Waals surface area contributed by atoms with Gasteiger partial charge in [0.15, 0.2) is 5.82 Å². The standard InChI is InChI=1S/C19H20N4O/c24-13-14-7-10-23(11-8-14)19-16-5-1-2-6-17(16)21-18(22-19)15-4-3-9-20-12-15/h1-6,9,12,14,24H,7-8,10-11,13H2. The molecular formula is C19H20N4O. The fourth-order valence-electron chi connectivity index (χ4n) is 3.25. The zero-order chi connectivity index (χ0) is 16.4. The molecule has 5 nitrogen and oxygen atoms in total. The fourth-order valence-corrected chi connectivity index (χ4v) is 3.25. The topological polar surface area (TPSA) is 62.1 Å². The summed E-state index contributed by atoms with van der Waals surface area (Å²) in [4.78, 5) is 16.1.